The minimum absolute atomic E-state index is 0. The fraction of sp³-hybridized carbons (Fsp3) is 0. The van der Waals surface area contributed by atoms with Gasteiger partial charge in [0.1, 0.15) is 0 Å². The van der Waals surface area contributed by atoms with Gasteiger partial charge < -0.3 is 5.11 Å². The number of rotatable bonds is 1. The van der Waals surface area contributed by atoms with Crippen LogP contribution < -0.4 is 0 Å². The van der Waals surface area contributed by atoms with Gasteiger partial charge >= 0.3 is 5.97 Å². The van der Waals surface area contributed by atoms with Crippen LogP contribution >= 0.6 is 0 Å². The van der Waals surface area contributed by atoms with E-state index in [1.807, 2.05) is 0 Å². The first-order valence-corrected chi connectivity index (χ1v) is 2.59. The molecule has 0 amide bonds. The van der Waals surface area contributed by atoms with Crippen LogP contribution in [0.5, 0.6) is 0 Å². The molecular weight excluding hydrogens is 156 g/mol. The maximum Gasteiger partial charge on any atom is 0.335 e. The molecule has 2 nitrogen and oxygen atoms in total. The summed E-state index contributed by atoms with van der Waals surface area (Å²) in [5, 5.41) is 8.38. The van der Waals surface area contributed by atoms with Gasteiger partial charge in [0.25, 0.3) is 0 Å². The van der Waals surface area contributed by atoms with Gasteiger partial charge in [0.2, 0.25) is 0 Å². The van der Waals surface area contributed by atoms with Crippen molar-refractivity contribution in [2.75, 3.05) is 0 Å². The summed E-state index contributed by atoms with van der Waals surface area (Å²) in [5.41, 5.74) is 0.331. The summed E-state index contributed by atoms with van der Waals surface area (Å²) < 4.78 is 0. The van der Waals surface area contributed by atoms with Crippen molar-refractivity contribution in [3.8, 4) is 0 Å². The minimum atomic E-state index is -0.879. The van der Waals surface area contributed by atoms with E-state index in [1.54, 1.807) is 30.3 Å². The van der Waals surface area contributed by atoms with Crippen molar-refractivity contribution in [1.29, 1.82) is 0 Å². The number of hydrogen-bond acceptors (Lipinski definition) is 1. The number of carboxylic acid groups (broad SMARTS) is 1. The molecule has 0 saturated carbocycles. The molecule has 54 valence electrons. The smallest absolute Gasteiger partial charge is 0.335 e. The van der Waals surface area contributed by atoms with Gasteiger partial charge in [-0.3, -0.25) is 0 Å². The Bertz CT molecular complexity index is 208. The van der Waals surface area contributed by atoms with E-state index in [4.69, 9.17) is 5.11 Å². The molecule has 0 aromatic heterocycles. The zero-order valence-electron chi connectivity index (χ0n) is 5.10. The van der Waals surface area contributed by atoms with E-state index in [2.05, 4.69) is 0 Å². The van der Waals surface area contributed by atoms with Gasteiger partial charge in [0, 0.05) is 37.7 Å². The molecule has 1 aromatic rings. The van der Waals surface area contributed by atoms with Crippen LogP contribution in [-0.2, 0) is 0 Å². The fourth-order valence-electron chi connectivity index (χ4n) is 0.581. The predicted octanol–water partition coefficient (Wildman–Crippen LogP) is 1.38. The first-order valence-electron chi connectivity index (χ1n) is 2.59. The molecule has 0 radical (unpaired) electrons. The zero-order chi connectivity index (χ0) is 6.69. The van der Waals surface area contributed by atoms with Gasteiger partial charge in [0.15, 0.2) is 0 Å². The van der Waals surface area contributed by atoms with Crippen LogP contribution in [0.1, 0.15) is 10.4 Å². The van der Waals surface area contributed by atoms with Crippen molar-refractivity contribution < 1.29 is 47.6 Å². The summed E-state index contributed by atoms with van der Waals surface area (Å²) in [6.07, 6.45) is 0. The van der Waals surface area contributed by atoms with Gasteiger partial charge in [-0.1, -0.05) is 18.2 Å². The molecule has 0 aliphatic carbocycles. The summed E-state index contributed by atoms with van der Waals surface area (Å²) in [5.74, 6) is -0.879. The third-order valence-corrected chi connectivity index (χ3v) is 1.02. The molecule has 1 N–H and O–H groups in total. The average molecular weight is 162 g/mol. The minimum Gasteiger partial charge on any atom is -0.478 e. The van der Waals surface area contributed by atoms with E-state index < -0.39 is 5.97 Å². The second-order valence-electron chi connectivity index (χ2n) is 1.67. The van der Waals surface area contributed by atoms with Gasteiger partial charge in [-0.25, -0.2) is 4.79 Å². The zero-order valence-corrected chi connectivity index (χ0v) is 5.80. The number of carbonyl (C=O) groups is 1. The van der Waals surface area contributed by atoms with Gasteiger partial charge in [0.05, 0.1) is 5.56 Å². The average Bonchev–Trinajstić information content (AvgIpc) is 1.90. The Morgan fingerprint density at radius 3 is 2.00 bits per heavy atom. The number of carboxylic acids is 1. The molecule has 1 aromatic carbocycles. The Hall–Kier alpha value is -0.0503. The summed E-state index contributed by atoms with van der Waals surface area (Å²) >= 11 is 0. The molecule has 3 heteroatoms. The Morgan fingerprint density at radius 1 is 1.20 bits per heavy atom. The van der Waals surface area contributed by atoms with Crippen molar-refractivity contribution in [1.82, 2.24) is 0 Å². The van der Waals surface area contributed by atoms with E-state index >= 15 is 0 Å². The molecule has 0 aliphatic heterocycles. The Balaban J connectivity index is 0.000000810. The second kappa shape index (κ2) is 4.72. The number of aromatic carboxylic acids is 1. The van der Waals surface area contributed by atoms with Crippen LogP contribution in [0.15, 0.2) is 30.3 Å². The van der Waals surface area contributed by atoms with Crippen molar-refractivity contribution in [2.45, 2.75) is 0 Å². The normalized spacial score (nSPS) is 8.00. The molecular formula is C7H6ArO2. The van der Waals surface area contributed by atoms with Crippen molar-refractivity contribution in [3.63, 3.8) is 0 Å². The second-order valence-corrected chi connectivity index (χ2v) is 1.67. The first kappa shape index (κ1) is 9.95. The van der Waals surface area contributed by atoms with Gasteiger partial charge in [-0.15, -0.1) is 0 Å². The molecule has 0 aliphatic rings. The Kier molecular flexibility index (Phi) is 4.69. The Morgan fingerprint density at radius 2 is 1.70 bits per heavy atom. The third kappa shape index (κ3) is 2.69. The molecule has 10 heavy (non-hydrogen) atoms. The molecule has 0 saturated heterocycles. The van der Waals surface area contributed by atoms with Crippen LogP contribution in [0.4, 0.5) is 0 Å². The van der Waals surface area contributed by atoms with Crippen LogP contribution in [0.25, 0.3) is 0 Å². The van der Waals surface area contributed by atoms with Crippen molar-refractivity contribution in [3.05, 3.63) is 35.9 Å². The predicted molar refractivity (Wildman–Crippen MR) is 33.4 cm³/mol. The summed E-state index contributed by atoms with van der Waals surface area (Å²) in [6.45, 7) is 0. The molecule has 0 heterocycles. The number of hydrogen-bond donors (Lipinski definition) is 1. The summed E-state index contributed by atoms with van der Waals surface area (Å²) in [7, 11) is 0. The number of benzene rings is 1. The molecule has 0 unspecified atom stereocenters. The van der Waals surface area contributed by atoms with Crippen LogP contribution in [0.3, 0.4) is 0 Å². The van der Waals surface area contributed by atoms with Crippen molar-refractivity contribution >= 4 is 5.97 Å². The van der Waals surface area contributed by atoms with Crippen LogP contribution in [0, 0.1) is 37.7 Å². The molecule has 0 atom stereocenters. The van der Waals surface area contributed by atoms with E-state index in [-0.39, 0.29) is 37.7 Å². The van der Waals surface area contributed by atoms with E-state index in [1.165, 1.54) is 0 Å². The topological polar surface area (TPSA) is 37.3 Å². The maximum atomic E-state index is 10.2. The van der Waals surface area contributed by atoms with E-state index in [9.17, 15) is 4.79 Å². The quantitative estimate of drug-likeness (QED) is 0.677. The largest absolute Gasteiger partial charge is 0.478 e. The first-order chi connectivity index (χ1) is 4.30. The van der Waals surface area contributed by atoms with Gasteiger partial charge in [-0.05, 0) is 12.1 Å². The standard InChI is InChI=1S/C7H6O2.Ar/c8-7(9)6-4-2-1-3-5-6;/h1-5H,(H,8,9);. The molecule has 0 bridgehead atoms. The van der Waals surface area contributed by atoms with Crippen molar-refractivity contribution in [2.24, 2.45) is 0 Å². The SMILES string of the molecule is O=C(O)c1ccccc1.[Ar]. The molecule has 0 spiro atoms. The van der Waals surface area contributed by atoms with E-state index in [0.717, 1.165) is 0 Å². The van der Waals surface area contributed by atoms with Crippen LogP contribution in [-0.4, -0.2) is 11.1 Å². The summed E-state index contributed by atoms with van der Waals surface area (Å²) in [6, 6.07) is 8.30. The molecule has 1 rings (SSSR count). The maximum absolute atomic E-state index is 10.2. The summed E-state index contributed by atoms with van der Waals surface area (Å²) in [4.78, 5) is 10.2. The third-order valence-electron chi connectivity index (χ3n) is 1.02. The monoisotopic (exact) mass is 162 g/mol. The van der Waals surface area contributed by atoms with E-state index in [0.29, 0.717) is 5.56 Å². The van der Waals surface area contributed by atoms with Crippen LogP contribution in [0.2, 0.25) is 0 Å². The fourth-order valence-corrected chi connectivity index (χ4v) is 0.581. The Labute approximate surface area is 88.9 Å². The van der Waals surface area contributed by atoms with Gasteiger partial charge in [-0.2, -0.15) is 0 Å². The molecule has 0 fully saturated rings.